The lowest BCUT2D eigenvalue weighted by molar-refractivity contribution is -0.165. The van der Waals surface area contributed by atoms with E-state index in [4.69, 9.17) is 0 Å². The van der Waals surface area contributed by atoms with Crippen molar-refractivity contribution in [1.29, 1.82) is 0 Å². The molecule has 2 N–H and O–H groups in total. The molecule has 0 spiro atoms. The third kappa shape index (κ3) is 5.70. The second kappa shape index (κ2) is 12.3. The van der Waals surface area contributed by atoms with Crippen molar-refractivity contribution in [2.45, 2.75) is 12.4 Å². The van der Waals surface area contributed by atoms with Gasteiger partial charge in [-0.1, -0.05) is 109 Å². The van der Waals surface area contributed by atoms with Gasteiger partial charge < -0.3 is 10.6 Å². The van der Waals surface area contributed by atoms with Gasteiger partial charge in [-0.3, -0.25) is 9.59 Å². The van der Waals surface area contributed by atoms with Crippen molar-refractivity contribution in [3.05, 3.63) is 132 Å². The molecule has 0 aliphatic carbocycles. The number of carbonyl (C=O) groups is 2. The minimum Gasteiger partial charge on any atom is -0.383 e. The van der Waals surface area contributed by atoms with Crippen molar-refractivity contribution in [2.24, 2.45) is 0 Å². The van der Waals surface area contributed by atoms with Crippen molar-refractivity contribution >= 4 is 87.6 Å². The average molecular weight is 705 g/mol. The van der Waals surface area contributed by atoms with Gasteiger partial charge in [-0.15, -0.1) is 0 Å². The number of rotatable bonds is 9. The van der Waals surface area contributed by atoms with Crippen LogP contribution in [0.3, 0.4) is 0 Å². The lowest BCUT2D eigenvalue weighted by Gasteiger charge is -2.19. The normalized spacial score (nSPS) is 13.3. The predicted molar refractivity (Wildman–Crippen MR) is 194 cm³/mol. The molecule has 0 aliphatic heterocycles. The van der Waals surface area contributed by atoms with Gasteiger partial charge in [0, 0.05) is 47.8 Å². The number of alkyl halides is 6. The highest BCUT2D eigenvalue weighted by Gasteiger charge is 2.38. The number of nitrogens with one attached hydrogen (secondary N) is 2. The molecule has 8 aromatic carbocycles. The lowest BCUT2D eigenvalue weighted by atomic mass is 9.91. The number of halogens is 6. The Morgan fingerprint density at radius 2 is 0.750 bits per heavy atom. The molecule has 4 nitrogen and oxygen atoms in total. The van der Waals surface area contributed by atoms with Gasteiger partial charge in [-0.2, -0.15) is 26.3 Å². The first-order valence-corrected chi connectivity index (χ1v) is 16.4. The molecule has 8 aromatic rings. The van der Waals surface area contributed by atoms with Crippen molar-refractivity contribution in [1.82, 2.24) is 10.6 Å². The quantitative estimate of drug-likeness (QED) is 0.0680. The highest BCUT2D eigenvalue weighted by atomic mass is 19.4. The summed E-state index contributed by atoms with van der Waals surface area (Å²) in [5.41, 5.74) is 0.472. The van der Waals surface area contributed by atoms with E-state index in [1.54, 1.807) is 36.4 Å². The third-order valence-corrected chi connectivity index (χ3v) is 9.50. The molecule has 10 heteroatoms. The molecule has 8 rings (SSSR count). The molecule has 0 heterocycles. The molecule has 0 fully saturated rings. The lowest BCUT2D eigenvalue weighted by Crippen LogP contribution is -2.29. The number of allylic oxidation sites excluding steroid dienone is 2. The van der Waals surface area contributed by atoms with Crippen LogP contribution < -0.4 is 10.6 Å². The molecular weight excluding hydrogens is 678 g/mol. The minimum atomic E-state index is -5.14. The first-order chi connectivity index (χ1) is 24.9. The molecule has 0 atom stereocenters. The van der Waals surface area contributed by atoms with Gasteiger partial charge in [0.05, 0.1) is 0 Å². The maximum absolute atomic E-state index is 13.6. The molecule has 0 unspecified atom stereocenters. The van der Waals surface area contributed by atoms with Crippen LogP contribution in [-0.4, -0.2) is 37.0 Å². The fourth-order valence-corrected chi connectivity index (χ4v) is 7.21. The van der Waals surface area contributed by atoms with Gasteiger partial charge in [-0.05, 0) is 64.6 Å². The van der Waals surface area contributed by atoms with E-state index in [0.29, 0.717) is 34.1 Å². The van der Waals surface area contributed by atoms with Crippen LogP contribution in [0.25, 0.3) is 76.0 Å². The molecule has 0 bridgehead atoms. The molecule has 0 saturated heterocycles. The Kier molecular flexibility index (Phi) is 7.78. The van der Waals surface area contributed by atoms with Gasteiger partial charge in [0.25, 0.3) is 11.6 Å². The van der Waals surface area contributed by atoms with Gasteiger partial charge in [0.2, 0.25) is 0 Å². The van der Waals surface area contributed by atoms with Gasteiger partial charge in [0.15, 0.2) is 0 Å². The summed E-state index contributed by atoms with van der Waals surface area (Å²) in [6.07, 6.45) is -9.29. The molecule has 0 radical (unpaired) electrons. The Morgan fingerprint density at radius 3 is 1.10 bits per heavy atom. The third-order valence-electron chi connectivity index (χ3n) is 9.50. The summed E-state index contributed by atoms with van der Waals surface area (Å²) in [7, 11) is 0. The SMILES string of the molecule is O=C(/C=C(\NCCN/C(=C\C(=O)C(F)(F)F)c1ccc2ccc3cccc4ccc1c2c34)c1ccc2ccc3cccc4ccc1c2c34)C(F)(F)F. The summed E-state index contributed by atoms with van der Waals surface area (Å²) in [4.78, 5) is 24.6. The van der Waals surface area contributed by atoms with Gasteiger partial charge >= 0.3 is 12.4 Å². The summed E-state index contributed by atoms with van der Waals surface area (Å²) in [6.45, 7) is -0.245. The van der Waals surface area contributed by atoms with Crippen molar-refractivity contribution in [3.8, 4) is 0 Å². The van der Waals surface area contributed by atoms with Gasteiger partial charge in [0.1, 0.15) is 0 Å². The molecule has 0 amide bonds. The highest BCUT2D eigenvalue weighted by Crippen LogP contribution is 2.39. The van der Waals surface area contributed by atoms with Crippen molar-refractivity contribution < 1.29 is 35.9 Å². The Hall–Kier alpha value is -6.16. The van der Waals surface area contributed by atoms with Crippen LogP contribution in [0.1, 0.15) is 11.1 Å². The van der Waals surface area contributed by atoms with Crippen molar-refractivity contribution in [2.75, 3.05) is 13.1 Å². The van der Waals surface area contributed by atoms with Gasteiger partial charge in [-0.25, -0.2) is 0 Å². The summed E-state index contributed by atoms with van der Waals surface area (Å²) in [6, 6.07) is 33.5. The van der Waals surface area contributed by atoms with Crippen LogP contribution in [0, 0.1) is 0 Å². The maximum Gasteiger partial charge on any atom is 0.454 e. The first kappa shape index (κ1) is 33.0. The van der Waals surface area contributed by atoms with Crippen LogP contribution in [0.4, 0.5) is 26.3 Å². The molecule has 0 aliphatic rings. The van der Waals surface area contributed by atoms with E-state index in [1.807, 2.05) is 72.8 Å². The van der Waals surface area contributed by atoms with E-state index in [2.05, 4.69) is 10.6 Å². The largest absolute Gasteiger partial charge is 0.454 e. The molecule has 0 aromatic heterocycles. The van der Waals surface area contributed by atoms with Crippen LogP contribution in [0.15, 0.2) is 121 Å². The van der Waals surface area contributed by atoms with E-state index in [0.717, 1.165) is 53.9 Å². The number of hydrogen-bond donors (Lipinski definition) is 2. The maximum atomic E-state index is 13.6. The second-order valence-corrected chi connectivity index (χ2v) is 12.6. The van der Waals surface area contributed by atoms with E-state index >= 15 is 0 Å². The summed E-state index contributed by atoms with van der Waals surface area (Å²) in [5.74, 6) is -4.14. The highest BCUT2D eigenvalue weighted by molar-refractivity contribution is 6.26. The Labute approximate surface area is 291 Å². The smallest absolute Gasteiger partial charge is 0.383 e. The zero-order valence-corrected chi connectivity index (χ0v) is 27.0. The fraction of sp³-hybridized carbons (Fsp3) is 0.0952. The zero-order chi connectivity index (χ0) is 36.4. The van der Waals surface area contributed by atoms with Crippen LogP contribution >= 0.6 is 0 Å². The standard InChI is InChI=1S/C42H26F6N2O2/c43-41(44,45)35(51)21-33(29-15-11-27-9-7-23-3-1-5-25-13-17-31(29)39(27)37(23)25)49-19-20-50-34(22-36(52)42(46,47)48)30-16-12-28-10-8-24-4-2-6-26-14-18-32(30)40(28)38(24)26/h1-18,21-22,49-50H,19-20H2/b33-21-,34-22-. The van der Waals surface area contributed by atoms with Crippen LogP contribution in [0.2, 0.25) is 0 Å². The number of ketones is 2. The van der Waals surface area contributed by atoms with E-state index in [-0.39, 0.29) is 24.5 Å². The molecule has 258 valence electrons. The predicted octanol–water partition coefficient (Wildman–Crippen LogP) is 10.3. The summed E-state index contributed by atoms with van der Waals surface area (Å²) in [5, 5.41) is 16.1. The number of carbonyl (C=O) groups excluding carboxylic acids is 2. The summed E-state index contributed by atoms with van der Waals surface area (Å²) >= 11 is 0. The monoisotopic (exact) mass is 704 g/mol. The van der Waals surface area contributed by atoms with Crippen LogP contribution in [0.5, 0.6) is 0 Å². The average Bonchev–Trinajstić information content (AvgIpc) is 3.12. The molecule has 0 saturated carbocycles. The Bertz CT molecular complexity index is 2540. The van der Waals surface area contributed by atoms with E-state index in [9.17, 15) is 35.9 Å². The number of hydrogen-bond acceptors (Lipinski definition) is 4. The minimum absolute atomic E-state index is 0.110. The Morgan fingerprint density at radius 1 is 0.442 bits per heavy atom. The van der Waals surface area contributed by atoms with E-state index < -0.39 is 23.9 Å². The topological polar surface area (TPSA) is 58.2 Å². The summed E-state index contributed by atoms with van der Waals surface area (Å²) < 4.78 is 81.5. The molecular formula is C42H26F6N2O2. The first-order valence-electron chi connectivity index (χ1n) is 16.4. The second-order valence-electron chi connectivity index (χ2n) is 12.6. The molecule has 52 heavy (non-hydrogen) atoms. The van der Waals surface area contributed by atoms with Crippen LogP contribution in [-0.2, 0) is 9.59 Å². The zero-order valence-electron chi connectivity index (χ0n) is 27.0. The fourth-order valence-electron chi connectivity index (χ4n) is 7.21. The van der Waals surface area contributed by atoms with E-state index in [1.165, 1.54) is 0 Å². The number of benzene rings is 8. The Balaban J connectivity index is 1.16. The van der Waals surface area contributed by atoms with Crippen molar-refractivity contribution in [3.63, 3.8) is 0 Å².